The van der Waals surface area contributed by atoms with E-state index in [0.29, 0.717) is 6.54 Å². The summed E-state index contributed by atoms with van der Waals surface area (Å²) in [6.45, 7) is 1.22. The maximum absolute atomic E-state index is 14.5. The van der Waals surface area contributed by atoms with E-state index in [-0.39, 0.29) is 43.8 Å². The number of morpholine rings is 1. The van der Waals surface area contributed by atoms with Crippen molar-refractivity contribution in [1.29, 1.82) is 0 Å². The molecule has 1 aliphatic carbocycles. The Morgan fingerprint density at radius 3 is 2.45 bits per heavy atom. The van der Waals surface area contributed by atoms with Gasteiger partial charge in [-0.05, 0) is 48.7 Å². The molecule has 0 aromatic heterocycles. The number of hydrogen-bond donors (Lipinski definition) is 0. The minimum atomic E-state index is -4.05. The summed E-state index contributed by atoms with van der Waals surface area (Å²) in [5.41, 5.74) is 1.10. The van der Waals surface area contributed by atoms with Crippen LogP contribution in [0, 0.1) is 5.82 Å². The molecule has 7 nitrogen and oxygen atoms in total. The summed E-state index contributed by atoms with van der Waals surface area (Å²) in [6.07, 6.45) is 1.78. The maximum atomic E-state index is 14.5. The molecule has 31 heavy (non-hydrogen) atoms. The lowest BCUT2D eigenvalue weighted by Crippen LogP contribution is -2.41. The number of hydrogen-bond acceptors (Lipinski definition) is 5. The normalized spacial score (nSPS) is 17.4. The van der Waals surface area contributed by atoms with Gasteiger partial charge in [-0.1, -0.05) is 12.1 Å². The smallest absolute Gasteiger partial charge is 0.254 e. The lowest BCUT2D eigenvalue weighted by atomic mass is 10.1. The van der Waals surface area contributed by atoms with Crippen molar-refractivity contribution in [2.24, 2.45) is 0 Å². The highest BCUT2D eigenvalue weighted by molar-refractivity contribution is 7.89. The van der Waals surface area contributed by atoms with E-state index in [4.69, 9.17) is 9.47 Å². The van der Waals surface area contributed by atoms with Crippen molar-refractivity contribution in [3.63, 3.8) is 0 Å². The predicted octanol–water partition coefficient (Wildman–Crippen LogP) is 2.66. The highest BCUT2D eigenvalue weighted by Crippen LogP contribution is 2.31. The van der Waals surface area contributed by atoms with Crippen LogP contribution in [0.5, 0.6) is 5.75 Å². The van der Waals surface area contributed by atoms with Gasteiger partial charge in [0.2, 0.25) is 10.0 Å². The summed E-state index contributed by atoms with van der Waals surface area (Å²) in [7, 11) is -2.46. The number of amides is 1. The SMILES string of the molecule is COc1ccc(CN(C(=O)c2ccc(F)c(S(=O)(=O)N3CCOCC3)c2)C2CC2)cc1. The number of rotatable bonds is 7. The van der Waals surface area contributed by atoms with Crippen molar-refractivity contribution in [2.45, 2.75) is 30.3 Å². The molecule has 166 valence electrons. The number of nitrogens with zero attached hydrogens (tertiary/aromatic N) is 2. The highest BCUT2D eigenvalue weighted by atomic mass is 32.2. The molecular weight excluding hydrogens is 423 g/mol. The van der Waals surface area contributed by atoms with Crippen molar-refractivity contribution in [3.05, 3.63) is 59.4 Å². The Bertz CT molecular complexity index is 1050. The Hall–Kier alpha value is -2.49. The van der Waals surface area contributed by atoms with Gasteiger partial charge in [0.05, 0.1) is 20.3 Å². The summed E-state index contributed by atoms with van der Waals surface area (Å²) >= 11 is 0. The number of halogens is 1. The van der Waals surface area contributed by atoms with E-state index in [2.05, 4.69) is 0 Å². The van der Waals surface area contributed by atoms with Gasteiger partial charge in [0.25, 0.3) is 5.91 Å². The molecule has 2 fully saturated rings. The van der Waals surface area contributed by atoms with Crippen molar-refractivity contribution in [2.75, 3.05) is 33.4 Å². The Labute approximate surface area is 181 Å². The molecule has 0 radical (unpaired) electrons. The first-order valence-corrected chi connectivity index (χ1v) is 11.7. The monoisotopic (exact) mass is 448 g/mol. The number of carbonyl (C=O) groups excluding carboxylic acids is 1. The molecule has 1 aliphatic heterocycles. The van der Waals surface area contributed by atoms with Crippen LogP contribution in [0.1, 0.15) is 28.8 Å². The van der Waals surface area contributed by atoms with E-state index < -0.39 is 20.7 Å². The molecule has 2 aliphatic rings. The van der Waals surface area contributed by atoms with Gasteiger partial charge in [0.15, 0.2) is 0 Å². The molecular formula is C22H25FN2O5S. The number of sulfonamides is 1. The van der Waals surface area contributed by atoms with Crippen LogP contribution in [0.4, 0.5) is 4.39 Å². The Morgan fingerprint density at radius 2 is 1.84 bits per heavy atom. The van der Waals surface area contributed by atoms with E-state index in [1.807, 2.05) is 24.3 Å². The minimum absolute atomic E-state index is 0.0963. The zero-order valence-corrected chi connectivity index (χ0v) is 18.1. The number of ether oxygens (including phenoxy) is 2. The van der Waals surface area contributed by atoms with E-state index >= 15 is 0 Å². The summed E-state index contributed by atoms with van der Waals surface area (Å²) < 4.78 is 51.9. The van der Waals surface area contributed by atoms with Gasteiger partial charge in [-0.25, -0.2) is 12.8 Å². The second-order valence-corrected chi connectivity index (χ2v) is 9.58. The maximum Gasteiger partial charge on any atom is 0.254 e. The second-order valence-electron chi connectivity index (χ2n) is 7.67. The minimum Gasteiger partial charge on any atom is -0.497 e. The van der Waals surface area contributed by atoms with Crippen LogP contribution in [-0.2, 0) is 21.3 Å². The quantitative estimate of drug-likeness (QED) is 0.651. The second kappa shape index (κ2) is 8.94. The fraction of sp³-hybridized carbons (Fsp3) is 0.409. The molecule has 0 atom stereocenters. The average Bonchev–Trinajstić information content (AvgIpc) is 3.63. The Morgan fingerprint density at radius 1 is 1.16 bits per heavy atom. The van der Waals surface area contributed by atoms with Crippen LogP contribution in [0.25, 0.3) is 0 Å². The lowest BCUT2D eigenvalue weighted by molar-refractivity contribution is 0.0724. The van der Waals surface area contributed by atoms with Crippen molar-refractivity contribution < 1.29 is 27.1 Å². The van der Waals surface area contributed by atoms with E-state index in [0.717, 1.165) is 36.3 Å². The zero-order chi connectivity index (χ0) is 22.0. The fourth-order valence-corrected chi connectivity index (χ4v) is 5.10. The van der Waals surface area contributed by atoms with Crippen LogP contribution >= 0.6 is 0 Å². The molecule has 9 heteroatoms. The third-order valence-electron chi connectivity index (χ3n) is 5.53. The van der Waals surface area contributed by atoms with Crippen LogP contribution in [0.15, 0.2) is 47.4 Å². The van der Waals surface area contributed by atoms with E-state index in [9.17, 15) is 17.6 Å². The lowest BCUT2D eigenvalue weighted by Gasteiger charge is -2.27. The molecule has 1 saturated carbocycles. The standard InChI is InChI=1S/C22H25FN2O5S/c1-29-19-7-2-16(3-8-19)15-25(18-5-6-18)22(26)17-4-9-20(23)21(14-17)31(27,28)24-10-12-30-13-11-24/h2-4,7-9,14,18H,5-6,10-13,15H2,1H3. The van der Waals surface area contributed by atoms with Crippen LogP contribution in [0.2, 0.25) is 0 Å². The molecule has 2 aromatic rings. The van der Waals surface area contributed by atoms with Gasteiger partial charge in [-0.3, -0.25) is 4.79 Å². The van der Waals surface area contributed by atoms with Gasteiger partial charge in [0, 0.05) is 31.2 Å². The number of benzene rings is 2. The van der Waals surface area contributed by atoms with Gasteiger partial charge in [-0.15, -0.1) is 0 Å². The molecule has 1 saturated heterocycles. The van der Waals surface area contributed by atoms with Gasteiger partial charge < -0.3 is 14.4 Å². The molecule has 4 rings (SSSR count). The van der Waals surface area contributed by atoms with Crippen molar-refractivity contribution in [3.8, 4) is 5.75 Å². The fourth-order valence-electron chi connectivity index (χ4n) is 3.61. The summed E-state index contributed by atoms with van der Waals surface area (Å²) in [6, 6.07) is 11.1. The summed E-state index contributed by atoms with van der Waals surface area (Å²) in [4.78, 5) is 14.5. The largest absolute Gasteiger partial charge is 0.497 e. The first kappa shape index (κ1) is 21.7. The van der Waals surface area contributed by atoms with E-state index in [1.165, 1.54) is 10.4 Å². The number of carbonyl (C=O) groups is 1. The molecule has 0 bridgehead atoms. The van der Waals surface area contributed by atoms with Crippen LogP contribution in [-0.4, -0.2) is 63.0 Å². The first-order chi connectivity index (χ1) is 14.9. The third-order valence-corrected chi connectivity index (χ3v) is 7.44. The topological polar surface area (TPSA) is 76.2 Å². The van der Waals surface area contributed by atoms with Gasteiger partial charge >= 0.3 is 0 Å². The third kappa shape index (κ3) is 4.73. The average molecular weight is 449 g/mol. The molecule has 0 unspecified atom stereocenters. The van der Waals surface area contributed by atoms with Crippen molar-refractivity contribution >= 4 is 15.9 Å². The Kier molecular flexibility index (Phi) is 6.27. The zero-order valence-electron chi connectivity index (χ0n) is 17.3. The molecule has 0 spiro atoms. The summed E-state index contributed by atoms with van der Waals surface area (Å²) in [5, 5.41) is 0. The van der Waals surface area contributed by atoms with Crippen molar-refractivity contribution in [1.82, 2.24) is 9.21 Å². The van der Waals surface area contributed by atoms with Crippen LogP contribution in [0.3, 0.4) is 0 Å². The molecule has 0 N–H and O–H groups in total. The number of methoxy groups -OCH3 is 1. The predicted molar refractivity (Wildman–Crippen MR) is 112 cm³/mol. The van der Waals surface area contributed by atoms with E-state index in [1.54, 1.807) is 12.0 Å². The van der Waals surface area contributed by atoms with Gasteiger partial charge in [-0.2, -0.15) is 4.31 Å². The Balaban J connectivity index is 1.60. The first-order valence-electron chi connectivity index (χ1n) is 10.2. The molecule has 2 aromatic carbocycles. The van der Waals surface area contributed by atoms with Gasteiger partial charge in [0.1, 0.15) is 16.5 Å². The summed E-state index contributed by atoms with van der Waals surface area (Å²) in [5.74, 6) is -0.447. The molecule has 1 amide bonds. The van der Waals surface area contributed by atoms with Crippen LogP contribution < -0.4 is 4.74 Å². The highest BCUT2D eigenvalue weighted by Gasteiger charge is 2.35. The molecule has 1 heterocycles.